The molecule has 2 aromatic carbocycles. The van der Waals surface area contributed by atoms with Gasteiger partial charge in [0.2, 0.25) is 5.75 Å². The fourth-order valence-corrected chi connectivity index (χ4v) is 3.35. The monoisotopic (exact) mass is 467 g/mol. The van der Waals surface area contributed by atoms with Crippen molar-refractivity contribution >= 4 is 69.8 Å². The third-order valence-corrected chi connectivity index (χ3v) is 5.17. The third-order valence-electron chi connectivity index (χ3n) is 4.08. The van der Waals surface area contributed by atoms with Crippen LogP contribution in [-0.2, 0) is 9.59 Å². The van der Waals surface area contributed by atoms with E-state index in [1.165, 1.54) is 25.3 Å². The smallest absolute Gasteiger partial charge is 0.315 e. The standard InChI is InChI=1S/C18H11Cl2N3O6S/c1-29-13-7-8(6-12(15(13)24)23(27)28)5-9-16(25)21-18(30)22(17(9)26)11-4-2-3-10(19)14(11)20/h2-7,24H,1H3,(H,21,25,30)/b9-5+. The first kappa shape index (κ1) is 21.5. The molecule has 0 spiro atoms. The first-order chi connectivity index (χ1) is 14.1. The molecule has 1 saturated heterocycles. The molecule has 2 amide bonds. The lowest BCUT2D eigenvalue weighted by Crippen LogP contribution is -2.54. The van der Waals surface area contributed by atoms with Crippen molar-refractivity contribution in [2.45, 2.75) is 0 Å². The summed E-state index contributed by atoms with van der Waals surface area (Å²) >= 11 is 17.3. The van der Waals surface area contributed by atoms with E-state index in [2.05, 4.69) is 5.32 Å². The lowest BCUT2D eigenvalue weighted by molar-refractivity contribution is -0.386. The number of nitro benzene ring substituents is 1. The van der Waals surface area contributed by atoms with Crippen LogP contribution < -0.4 is 15.0 Å². The van der Waals surface area contributed by atoms with Crippen LogP contribution in [0.4, 0.5) is 11.4 Å². The minimum absolute atomic E-state index is 0.0484. The zero-order chi connectivity index (χ0) is 22.2. The van der Waals surface area contributed by atoms with Gasteiger partial charge in [0.25, 0.3) is 11.8 Å². The number of nitrogens with one attached hydrogen (secondary N) is 1. The Kier molecular flexibility index (Phi) is 5.92. The molecule has 1 aliphatic heterocycles. The van der Waals surface area contributed by atoms with E-state index in [1.807, 2.05) is 0 Å². The Morgan fingerprint density at radius 1 is 1.30 bits per heavy atom. The summed E-state index contributed by atoms with van der Waals surface area (Å²) in [6, 6.07) is 6.78. The van der Waals surface area contributed by atoms with Gasteiger partial charge in [-0.3, -0.25) is 29.9 Å². The van der Waals surface area contributed by atoms with E-state index in [9.17, 15) is 24.8 Å². The second kappa shape index (κ2) is 8.27. The number of thiocarbonyl (C=S) groups is 1. The second-order valence-corrected chi connectivity index (χ2v) is 7.05. The topological polar surface area (TPSA) is 122 Å². The molecule has 2 aromatic rings. The first-order valence-corrected chi connectivity index (χ1v) is 9.23. The van der Waals surface area contributed by atoms with Gasteiger partial charge in [-0.15, -0.1) is 0 Å². The second-order valence-electron chi connectivity index (χ2n) is 5.88. The number of nitrogens with zero attached hydrogens (tertiary/aromatic N) is 2. The quantitative estimate of drug-likeness (QED) is 0.232. The predicted octanol–water partition coefficient (Wildman–Crippen LogP) is 3.45. The molecule has 30 heavy (non-hydrogen) atoms. The van der Waals surface area contributed by atoms with Gasteiger partial charge in [0.1, 0.15) is 5.57 Å². The molecule has 9 nitrogen and oxygen atoms in total. The lowest BCUT2D eigenvalue weighted by Gasteiger charge is -2.29. The number of anilines is 1. The van der Waals surface area contributed by atoms with E-state index in [1.54, 1.807) is 6.07 Å². The number of carbonyl (C=O) groups excluding carboxylic acids is 2. The number of phenolic OH excluding ortho intramolecular Hbond substituents is 1. The molecule has 1 aliphatic rings. The number of carbonyl (C=O) groups is 2. The number of hydrogen-bond donors (Lipinski definition) is 2. The summed E-state index contributed by atoms with van der Waals surface area (Å²) in [5, 5.41) is 23.5. The first-order valence-electron chi connectivity index (χ1n) is 8.06. The highest BCUT2D eigenvalue weighted by Crippen LogP contribution is 2.38. The van der Waals surface area contributed by atoms with Crippen LogP contribution in [0.2, 0.25) is 10.0 Å². The number of phenols is 1. The Bertz CT molecular complexity index is 1150. The molecule has 12 heteroatoms. The molecule has 0 saturated carbocycles. The highest BCUT2D eigenvalue weighted by Gasteiger charge is 2.36. The van der Waals surface area contributed by atoms with Crippen LogP contribution in [0.25, 0.3) is 6.08 Å². The van der Waals surface area contributed by atoms with Crippen LogP contribution >= 0.6 is 35.4 Å². The summed E-state index contributed by atoms with van der Waals surface area (Å²) in [7, 11) is 1.20. The Morgan fingerprint density at radius 3 is 2.63 bits per heavy atom. The Hall–Kier alpha value is -3.21. The van der Waals surface area contributed by atoms with Gasteiger partial charge in [0.15, 0.2) is 10.9 Å². The lowest BCUT2D eigenvalue weighted by atomic mass is 10.1. The van der Waals surface area contributed by atoms with Gasteiger partial charge in [-0.1, -0.05) is 29.3 Å². The maximum Gasteiger partial charge on any atom is 0.315 e. The van der Waals surface area contributed by atoms with Gasteiger partial charge in [-0.25, -0.2) is 0 Å². The number of halogens is 2. The largest absolute Gasteiger partial charge is 0.500 e. The van der Waals surface area contributed by atoms with E-state index in [-0.39, 0.29) is 37.7 Å². The number of benzene rings is 2. The Balaban J connectivity index is 2.13. The van der Waals surface area contributed by atoms with Crippen molar-refractivity contribution in [1.82, 2.24) is 5.32 Å². The molecule has 1 heterocycles. The van der Waals surface area contributed by atoms with E-state index < -0.39 is 28.2 Å². The summed E-state index contributed by atoms with van der Waals surface area (Å²) in [6.07, 6.45) is 1.11. The van der Waals surface area contributed by atoms with Crippen LogP contribution in [0.5, 0.6) is 11.5 Å². The van der Waals surface area contributed by atoms with Gasteiger partial charge in [0, 0.05) is 6.07 Å². The average Bonchev–Trinajstić information content (AvgIpc) is 2.69. The van der Waals surface area contributed by atoms with E-state index >= 15 is 0 Å². The molecular formula is C18H11Cl2N3O6S. The summed E-state index contributed by atoms with van der Waals surface area (Å²) in [5.41, 5.74) is -0.809. The summed E-state index contributed by atoms with van der Waals surface area (Å²) in [6.45, 7) is 0. The summed E-state index contributed by atoms with van der Waals surface area (Å²) < 4.78 is 4.92. The van der Waals surface area contributed by atoms with Crippen LogP contribution in [0, 0.1) is 10.1 Å². The molecule has 3 rings (SSSR count). The predicted molar refractivity (Wildman–Crippen MR) is 114 cm³/mol. The van der Waals surface area contributed by atoms with Gasteiger partial charge in [-0.2, -0.15) is 0 Å². The number of amides is 2. The number of ether oxygens (including phenoxy) is 1. The summed E-state index contributed by atoms with van der Waals surface area (Å²) in [5.74, 6) is -2.51. The third kappa shape index (κ3) is 3.80. The molecule has 154 valence electrons. The van der Waals surface area contributed by atoms with Crippen LogP contribution in [0.3, 0.4) is 0 Å². The Labute approximate surface area is 184 Å². The molecule has 0 atom stereocenters. The fourth-order valence-electron chi connectivity index (χ4n) is 2.70. The maximum absolute atomic E-state index is 13.0. The van der Waals surface area contributed by atoms with E-state index in [0.29, 0.717) is 0 Å². The molecule has 0 radical (unpaired) electrons. The van der Waals surface area contributed by atoms with Gasteiger partial charge >= 0.3 is 5.69 Å². The molecule has 0 bridgehead atoms. The van der Waals surface area contributed by atoms with Gasteiger partial charge in [-0.05, 0) is 42.1 Å². The van der Waals surface area contributed by atoms with Crippen molar-refractivity contribution in [3.8, 4) is 11.5 Å². The Morgan fingerprint density at radius 2 is 2.00 bits per heavy atom. The summed E-state index contributed by atoms with van der Waals surface area (Å²) in [4.78, 5) is 36.8. The van der Waals surface area contributed by atoms with Crippen molar-refractivity contribution in [2.24, 2.45) is 0 Å². The normalized spacial score (nSPS) is 15.4. The number of methoxy groups -OCH3 is 1. The molecule has 0 aromatic heterocycles. The average molecular weight is 468 g/mol. The van der Waals surface area contributed by atoms with Crippen LogP contribution in [-0.4, -0.2) is 34.1 Å². The van der Waals surface area contributed by atoms with Crippen LogP contribution in [0.1, 0.15) is 5.56 Å². The van der Waals surface area contributed by atoms with E-state index in [4.69, 9.17) is 40.2 Å². The molecule has 2 N–H and O–H groups in total. The maximum atomic E-state index is 13.0. The van der Waals surface area contributed by atoms with Gasteiger partial charge < -0.3 is 9.84 Å². The minimum atomic E-state index is -0.824. The zero-order valence-corrected chi connectivity index (χ0v) is 17.3. The van der Waals surface area contributed by atoms with Crippen molar-refractivity contribution < 1.29 is 24.4 Å². The highest BCUT2D eigenvalue weighted by atomic mass is 35.5. The molecule has 1 fully saturated rings. The van der Waals surface area contributed by atoms with Crippen molar-refractivity contribution in [3.63, 3.8) is 0 Å². The zero-order valence-electron chi connectivity index (χ0n) is 15.0. The number of hydrogen-bond acceptors (Lipinski definition) is 7. The number of aromatic hydroxyl groups is 1. The SMILES string of the molecule is COc1cc(/C=C2\C(=O)NC(=S)N(c3cccc(Cl)c3Cl)C2=O)cc([N+](=O)[O-])c1O. The number of nitro groups is 1. The van der Waals surface area contributed by atoms with Gasteiger partial charge in [0.05, 0.1) is 27.8 Å². The molecule has 0 aliphatic carbocycles. The van der Waals surface area contributed by atoms with Crippen LogP contribution in [0.15, 0.2) is 35.9 Å². The molecule has 0 unspecified atom stereocenters. The van der Waals surface area contributed by atoms with Crippen molar-refractivity contribution in [2.75, 3.05) is 12.0 Å². The van der Waals surface area contributed by atoms with Crippen molar-refractivity contribution in [1.29, 1.82) is 0 Å². The van der Waals surface area contributed by atoms with Crippen molar-refractivity contribution in [3.05, 3.63) is 61.6 Å². The minimum Gasteiger partial charge on any atom is -0.500 e. The molecular weight excluding hydrogens is 457 g/mol. The van der Waals surface area contributed by atoms with E-state index in [0.717, 1.165) is 17.0 Å². The highest BCUT2D eigenvalue weighted by molar-refractivity contribution is 7.80. The fraction of sp³-hybridized carbons (Fsp3) is 0.0556. The number of rotatable bonds is 4.